The van der Waals surface area contributed by atoms with E-state index < -0.39 is 6.10 Å². The van der Waals surface area contributed by atoms with E-state index in [-0.39, 0.29) is 28.1 Å². The maximum absolute atomic E-state index is 13.7. The van der Waals surface area contributed by atoms with Crippen molar-refractivity contribution in [2.45, 2.75) is 122 Å². The number of hydroxylamine groups is 4. The first-order valence-corrected chi connectivity index (χ1v) is 11.8. The normalized spacial score (nSPS) is 26.2. The van der Waals surface area contributed by atoms with Crippen molar-refractivity contribution >= 4 is 5.97 Å². The van der Waals surface area contributed by atoms with E-state index in [1.165, 1.54) is 0 Å². The molecule has 2 saturated heterocycles. The van der Waals surface area contributed by atoms with Crippen LogP contribution in [0.3, 0.4) is 0 Å². The standard InChI is InChI=1S/C26H42N2O3/c1-23(2)16-12-17-24(3,4)27(23)30-21(20-14-10-9-11-15-20)22(29)31-28-25(5,6)18-13-19-26(28,7)8/h9-11,14-15,21H,12-13,16-19H2,1-8H3. The molecule has 0 aromatic heterocycles. The number of nitrogens with zero attached hydrogens (tertiary/aromatic N) is 2. The Morgan fingerprint density at radius 1 is 0.742 bits per heavy atom. The Hall–Kier alpha value is -1.43. The van der Waals surface area contributed by atoms with E-state index in [2.05, 4.69) is 60.5 Å². The molecule has 2 fully saturated rings. The predicted molar refractivity (Wildman–Crippen MR) is 124 cm³/mol. The van der Waals surface area contributed by atoms with Gasteiger partial charge in [0.1, 0.15) is 0 Å². The summed E-state index contributed by atoms with van der Waals surface area (Å²) in [5.41, 5.74) is 0.0412. The fraction of sp³-hybridized carbons (Fsp3) is 0.731. The summed E-state index contributed by atoms with van der Waals surface area (Å²) in [6.45, 7) is 17.4. The quantitative estimate of drug-likeness (QED) is 0.556. The lowest BCUT2D eigenvalue weighted by molar-refractivity contribution is -0.320. The number of benzene rings is 1. The summed E-state index contributed by atoms with van der Waals surface area (Å²) >= 11 is 0. The van der Waals surface area contributed by atoms with Crippen LogP contribution in [0.25, 0.3) is 0 Å². The van der Waals surface area contributed by atoms with Crippen molar-refractivity contribution in [3.8, 4) is 0 Å². The van der Waals surface area contributed by atoms with Crippen LogP contribution in [-0.4, -0.2) is 38.3 Å². The molecule has 5 nitrogen and oxygen atoms in total. The largest absolute Gasteiger partial charge is 0.364 e. The molecule has 2 aliphatic heterocycles. The van der Waals surface area contributed by atoms with Gasteiger partial charge in [0.25, 0.3) is 0 Å². The molecule has 0 amide bonds. The lowest BCUT2D eigenvalue weighted by atomic mass is 9.82. The van der Waals surface area contributed by atoms with E-state index in [0.29, 0.717) is 0 Å². The molecule has 1 aromatic rings. The van der Waals surface area contributed by atoms with Gasteiger partial charge in [0.2, 0.25) is 6.10 Å². The van der Waals surface area contributed by atoms with Crippen LogP contribution in [0.1, 0.15) is 106 Å². The second-order valence-electron chi connectivity index (χ2n) is 11.9. The van der Waals surface area contributed by atoms with Gasteiger partial charge in [-0.15, -0.1) is 5.06 Å². The van der Waals surface area contributed by atoms with Crippen LogP contribution in [-0.2, 0) is 14.5 Å². The Labute approximate surface area is 189 Å². The first-order chi connectivity index (χ1) is 14.3. The molecular weight excluding hydrogens is 388 g/mol. The summed E-state index contributed by atoms with van der Waals surface area (Å²) in [6, 6.07) is 9.74. The van der Waals surface area contributed by atoms with E-state index in [4.69, 9.17) is 9.68 Å². The van der Waals surface area contributed by atoms with Gasteiger partial charge in [0, 0.05) is 11.1 Å². The SMILES string of the molecule is CC1(C)CCCC(C)(C)N1OC(=O)C(ON1C(C)(C)CCCC1(C)C)c1ccccc1. The molecule has 0 radical (unpaired) electrons. The first kappa shape index (κ1) is 24.2. The van der Waals surface area contributed by atoms with E-state index in [9.17, 15) is 4.79 Å². The van der Waals surface area contributed by atoms with Crippen molar-refractivity contribution < 1.29 is 14.5 Å². The zero-order chi connectivity index (χ0) is 23.1. The third-order valence-electron chi connectivity index (χ3n) is 7.06. The Morgan fingerprint density at radius 2 is 1.16 bits per heavy atom. The second-order valence-corrected chi connectivity index (χ2v) is 11.9. The van der Waals surface area contributed by atoms with Gasteiger partial charge >= 0.3 is 5.97 Å². The molecule has 0 aliphatic carbocycles. The summed E-state index contributed by atoms with van der Waals surface area (Å²) in [4.78, 5) is 26.4. The molecule has 1 aromatic carbocycles. The molecule has 3 rings (SSSR count). The second kappa shape index (κ2) is 8.49. The fourth-order valence-corrected chi connectivity index (χ4v) is 5.60. The summed E-state index contributed by atoms with van der Waals surface area (Å²) < 4.78 is 0. The van der Waals surface area contributed by atoms with Crippen LogP contribution in [0.2, 0.25) is 0 Å². The molecule has 0 saturated carbocycles. The number of carbonyl (C=O) groups excluding carboxylic acids is 1. The van der Waals surface area contributed by atoms with Crippen LogP contribution in [0.5, 0.6) is 0 Å². The van der Waals surface area contributed by atoms with Crippen LogP contribution in [0, 0.1) is 0 Å². The van der Waals surface area contributed by atoms with Crippen LogP contribution in [0.15, 0.2) is 30.3 Å². The van der Waals surface area contributed by atoms with E-state index >= 15 is 0 Å². The highest BCUT2D eigenvalue weighted by molar-refractivity contribution is 5.76. The van der Waals surface area contributed by atoms with Gasteiger partial charge in [-0.25, -0.2) is 4.79 Å². The monoisotopic (exact) mass is 430 g/mol. The topological polar surface area (TPSA) is 42.0 Å². The lowest BCUT2D eigenvalue weighted by Crippen LogP contribution is -2.60. The lowest BCUT2D eigenvalue weighted by Gasteiger charge is -2.53. The molecule has 31 heavy (non-hydrogen) atoms. The molecule has 174 valence electrons. The summed E-state index contributed by atoms with van der Waals surface area (Å²) in [6.07, 6.45) is 5.50. The van der Waals surface area contributed by atoms with E-state index in [1.807, 2.05) is 35.4 Å². The summed E-state index contributed by atoms with van der Waals surface area (Å²) in [5.74, 6) is -0.355. The van der Waals surface area contributed by atoms with Gasteiger partial charge in [-0.05, 0) is 99.5 Å². The van der Waals surface area contributed by atoms with Crippen LogP contribution < -0.4 is 0 Å². The van der Waals surface area contributed by atoms with Gasteiger partial charge in [-0.2, -0.15) is 5.06 Å². The zero-order valence-corrected chi connectivity index (χ0v) is 20.8. The minimum Gasteiger partial charge on any atom is -0.364 e. The van der Waals surface area contributed by atoms with Crippen LogP contribution in [0.4, 0.5) is 0 Å². The van der Waals surface area contributed by atoms with Crippen molar-refractivity contribution in [1.82, 2.24) is 10.1 Å². The van der Waals surface area contributed by atoms with Crippen molar-refractivity contribution in [2.24, 2.45) is 0 Å². The molecule has 0 N–H and O–H groups in total. The summed E-state index contributed by atoms with van der Waals surface area (Å²) in [7, 11) is 0. The number of rotatable bonds is 5. The van der Waals surface area contributed by atoms with Gasteiger partial charge in [0.15, 0.2) is 0 Å². The maximum atomic E-state index is 13.7. The molecule has 2 heterocycles. The molecular formula is C26H42N2O3. The van der Waals surface area contributed by atoms with Gasteiger partial charge in [-0.1, -0.05) is 30.3 Å². The Kier molecular flexibility index (Phi) is 6.63. The molecule has 0 spiro atoms. The number of carbonyl (C=O) groups is 1. The first-order valence-electron chi connectivity index (χ1n) is 11.8. The molecule has 0 bridgehead atoms. The van der Waals surface area contributed by atoms with Crippen LogP contribution >= 0.6 is 0 Å². The number of hydrogen-bond donors (Lipinski definition) is 0. The Bertz CT molecular complexity index is 738. The van der Waals surface area contributed by atoms with Gasteiger partial charge < -0.3 is 4.84 Å². The van der Waals surface area contributed by atoms with Crippen molar-refractivity contribution in [1.29, 1.82) is 0 Å². The fourth-order valence-electron chi connectivity index (χ4n) is 5.60. The molecule has 2 aliphatic rings. The van der Waals surface area contributed by atoms with E-state index in [0.717, 1.165) is 44.1 Å². The minimum atomic E-state index is -0.814. The van der Waals surface area contributed by atoms with Crippen molar-refractivity contribution in [2.75, 3.05) is 0 Å². The number of hydrogen-bond acceptors (Lipinski definition) is 5. The van der Waals surface area contributed by atoms with Crippen molar-refractivity contribution in [3.05, 3.63) is 35.9 Å². The molecule has 1 atom stereocenters. The summed E-state index contributed by atoms with van der Waals surface area (Å²) in [5, 5.41) is 3.96. The van der Waals surface area contributed by atoms with Crippen molar-refractivity contribution in [3.63, 3.8) is 0 Å². The Morgan fingerprint density at radius 3 is 1.61 bits per heavy atom. The highest BCUT2D eigenvalue weighted by Crippen LogP contribution is 2.42. The van der Waals surface area contributed by atoms with E-state index in [1.54, 1.807) is 0 Å². The van der Waals surface area contributed by atoms with Gasteiger partial charge in [-0.3, -0.25) is 4.84 Å². The smallest absolute Gasteiger partial charge is 0.361 e. The third-order valence-corrected chi connectivity index (χ3v) is 7.06. The average Bonchev–Trinajstić information content (AvgIpc) is 2.64. The zero-order valence-electron chi connectivity index (χ0n) is 20.8. The van der Waals surface area contributed by atoms with Gasteiger partial charge in [0.05, 0.1) is 11.1 Å². The minimum absolute atomic E-state index is 0.168. The maximum Gasteiger partial charge on any atom is 0.361 e. The number of piperidine rings is 2. The highest BCUT2D eigenvalue weighted by atomic mass is 16.8. The average molecular weight is 431 g/mol. The predicted octanol–water partition coefficient (Wildman–Crippen LogP) is 6.20. The molecule has 1 unspecified atom stereocenters. The third kappa shape index (κ3) is 5.15. The highest BCUT2D eigenvalue weighted by Gasteiger charge is 2.48. The molecule has 5 heteroatoms. The Balaban J connectivity index is 1.92.